The van der Waals surface area contributed by atoms with E-state index in [4.69, 9.17) is 45.3 Å². The van der Waals surface area contributed by atoms with Crippen LogP contribution in [0.3, 0.4) is 0 Å². The van der Waals surface area contributed by atoms with Crippen LogP contribution in [0.5, 0.6) is 5.75 Å². The van der Waals surface area contributed by atoms with Gasteiger partial charge in [-0.15, -0.1) is 0 Å². The molecule has 1 aromatic carbocycles. The first-order valence-corrected chi connectivity index (χ1v) is 10.9. The van der Waals surface area contributed by atoms with Gasteiger partial charge in [0.2, 0.25) is 0 Å². The van der Waals surface area contributed by atoms with Crippen molar-refractivity contribution < 1.29 is 4.74 Å². The number of imidazole rings is 1. The highest BCUT2D eigenvalue weighted by molar-refractivity contribution is 6.33. The van der Waals surface area contributed by atoms with Crippen LogP contribution < -0.4 is 10.5 Å². The average Bonchev–Trinajstić information content (AvgIpc) is 3.08. The first kappa shape index (κ1) is 20.4. The Hall–Kier alpha value is -2.54. The molecule has 0 radical (unpaired) electrons. The first-order valence-electron chi connectivity index (χ1n) is 9.74. The van der Waals surface area contributed by atoms with E-state index >= 15 is 0 Å². The molecule has 5 rings (SSSR count). The molecule has 2 atom stereocenters. The molecule has 31 heavy (non-hydrogen) atoms. The van der Waals surface area contributed by atoms with Crippen molar-refractivity contribution in [2.45, 2.75) is 32.3 Å². The fourth-order valence-electron chi connectivity index (χ4n) is 4.24. The van der Waals surface area contributed by atoms with Gasteiger partial charge in [-0.2, -0.15) is 0 Å². The zero-order valence-corrected chi connectivity index (χ0v) is 19.0. The van der Waals surface area contributed by atoms with Crippen LogP contribution in [0.1, 0.15) is 36.2 Å². The number of nitrogen functional groups attached to an aromatic ring is 1. The average molecular weight is 475 g/mol. The molecule has 0 saturated carbocycles. The Labute approximate surface area is 194 Å². The summed E-state index contributed by atoms with van der Waals surface area (Å²) in [6.45, 7) is 4.01. The molecule has 0 aliphatic carbocycles. The number of nitrogens with two attached hydrogens (primary N) is 1. The Bertz CT molecular complexity index is 1320. The fourth-order valence-corrected chi connectivity index (χ4v) is 4.84. The van der Waals surface area contributed by atoms with Gasteiger partial charge in [-0.1, -0.05) is 34.8 Å². The first-order chi connectivity index (χ1) is 14.8. The second kappa shape index (κ2) is 7.55. The monoisotopic (exact) mass is 473 g/mol. The second-order valence-corrected chi connectivity index (χ2v) is 8.81. The van der Waals surface area contributed by atoms with E-state index in [1.54, 1.807) is 18.5 Å². The molecule has 0 amide bonds. The lowest BCUT2D eigenvalue weighted by Crippen LogP contribution is -2.25. The van der Waals surface area contributed by atoms with Crippen LogP contribution in [-0.2, 0) is 0 Å². The van der Waals surface area contributed by atoms with Gasteiger partial charge < -0.3 is 10.5 Å². The number of anilines is 1. The number of fused-ring (bicyclic) bond motifs is 2. The van der Waals surface area contributed by atoms with Gasteiger partial charge in [-0.05, 0) is 44.0 Å². The van der Waals surface area contributed by atoms with Crippen molar-refractivity contribution in [3.8, 4) is 16.9 Å². The van der Waals surface area contributed by atoms with Crippen LogP contribution in [0.25, 0.3) is 16.6 Å². The summed E-state index contributed by atoms with van der Waals surface area (Å²) in [6, 6.07) is 5.63. The lowest BCUT2D eigenvalue weighted by Gasteiger charge is -2.32. The van der Waals surface area contributed by atoms with Crippen LogP contribution in [0, 0.1) is 6.92 Å². The minimum absolute atomic E-state index is 0.0533. The summed E-state index contributed by atoms with van der Waals surface area (Å²) in [4.78, 5) is 13.0. The summed E-state index contributed by atoms with van der Waals surface area (Å²) in [5, 5.41) is 1.38. The van der Waals surface area contributed by atoms with Crippen molar-refractivity contribution in [1.82, 2.24) is 19.4 Å². The van der Waals surface area contributed by atoms with Gasteiger partial charge in [0.15, 0.2) is 11.0 Å². The molecule has 1 unspecified atom stereocenters. The molecule has 0 bridgehead atoms. The molecule has 6 nitrogen and oxygen atoms in total. The highest BCUT2D eigenvalue weighted by Crippen LogP contribution is 2.49. The summed E-state index contributed by atoms with van der Waals surface area (Å²) in [5.41, 5.74) is 10.3. The molecule has 4 heterocycles. The minimum atomic E-state index is -0.0994. The largest absolute Gasteiger partial charge is 0.490 e. The molecule has 0 saturated heterocycles. The van der Waals surface area contributed by atoms with E-state index in [1.165, 1.54) is 0 Å². The number of halogens is 3. The smallest absolute Gasteiger partial charge is 0.158 e. The molecule has 2 N–H and O–H groups in total. The third-order valence-electron chi connectivity index (χ3n) is 5.66. The van der Waals surface area contributed by atoms with Crippen molar-refractivity contribution in [1.29, 1.82) is 0 Å². The van der Waals surface area contributed by atoms with E-state index in [-0.39, 0.29) is 12.0 Å². The van der Waals surface area contributed by atoms with Gasteiger partial charge in [-0.3, -0.25) is 4.40 Å². The quantitative estimate of drug-likeness (QED) is 0.363. The molecule has 9 heteroatoms. The van der Waals surface area contributed by atoms with Crippen LogP contribution in [0.2, 0.25) is 15.3 Å². The van der Waals surface area contributed by atoms with E-state index in [1.807, 2.05) is 36.6 Å². The molecule has 1 aliphatic rings. The summed E-state index contributed by atoms with van der Waals surface area (Å²) in [6.07, 6.45) is 5.84. The Morgan fingerprint density at radius 3 is 2.74 bits per heavy atom. The number of pyridine rings is 1. The highest BCUT2D eigenvalue weighted by atomic mass is 35.5. The normalized spacial score (nSPS) is 18.1. The van der Waals surface area contributed by atoms with E-state index in [9.17, 15) is 0 Å². The molecule has 0 fully saturated rings. The lowest BCUT2D eigenvalue weighted by molar-refractivity contribution is 0.182. The Morgan fingerprint density at radius 2 is 2.00 bits per heavy atom. The minimum Gasteiger partial charge on any atom is -0.490 e. The van der Waals surface area contributed by atoms with Gasteiger partial charge in [0.1, 0.15) is 22.2 Å². The molecule has 1 aliphatic heterocycles. The van der Waals surface area contributed by atoms with Crippen molar-refractivity contribution in [2.24, 2.45) is 0 Å². The molecular weight excluding hydrogens is 457 g/mol. The van der Waals surface area contributed by atoms with Gasteiger partial charge in [0.25, 0.3) is 0 Å². The predicted octanol–water partition coefficient (Wildman–Crippen LogP) is 5.95. The molecule has 0 spiro atoms. The maximum Gasteiger partial charge on any atom is 0.158 e. The Balaban J connectivity index is 1.77. The summed E-state index contributed by atoms with van der Waals surface area (Å²) in [5.74, 6) is 1.77. The van der Waals surface area contributed by atoms with E-state index in [0.717, 1.165) is 33.8 Å². The van der Waals surface area contributed by atoms with E-state index in [0.29, 0.717) is 33.1 Å². The van der Waals surface area contributed by atoms with Gasteiger partial charge in [0, 0.05) is 46.2 Å². The predicted molar refractivity (Wildman–Crippen MR) is 123 cm³/mol. The molecule has 3 aromatic heterocycles. The highest BCUT2D eigenvalue weighted by Gasteiger charge is 2.34. The van der Waals surface area contributed by atoms with Crippen molar-refractivity contribution in [3.05, 3.63) is 69.1 Å². The topological polar surface area (TPSA) is 78.3 Å². The number of ether oxygens (including phenoxy) is 1. The third-order valence-corrected chi connectivity index (χ3v) is 6.54. The summed E-state index contributed by atoms with van der Waals surface area (Å²) in [7, 11) is 0. The fraction of sp³-hybridized carbons (Fsp3) is 0.227. The Kier molecular flexibility index (Phi) is 4.96. The van der Waals surface area contributed by atoms with E-state index < -0.39 is 0 Å². The van der Waals surface area contributed by atoms with Crippen LogP contribution in [0.15, 0.2) is 36.8 Å². The van der Waals surface area contributed by atoms with Gasteiger partial charge in [-0.25, -0.2) is 15.0 Å². The zero-order chi connectivity index (χ0) is 21.9. The second-order valence-electron chi connectivity index (χ2n) is 7.65. The number of hydrogen-bond acceptors (Lipinski definition) is 5. The number of rotatable bonds is 2. The van der Waals surface area contributed by atoms with Gasteiger partial charge in [0.05, 0.1) is 6.10 Å². The number of aromatic nitrogens is 4. The summed E-state index contributed by atoms with van der Waals surface area (Å²) >= 11 is 19.1. The number of nitrogens with zero attached hydrogens (tertiary/aromatic N) is 4. The summed E-state index contributed by atoms with van der Waals surface area (Å²) < 4.78 is 8.25. The zero-order valence-electron chi connectivity index (χ0n) is 16.7. The molecular formula is C22H18Cl3N5O. The SMILES string of the molecule is Cc1c(Cl)cc2c(c1-c1ccc(Cl)nc1)OC(C)C[C@@H]2c1nc(Cl)c2c(N)nccn12. The maximum absolute atomic E-state index is 6.68. The van der Waals surface area contributed by atoms with Crippen molar-refractivity contribution in [3.63, 3.8) is 0 Å². The van der Waals surface area contributed by atoms with Crippen LogP contribution >= 0.6 is 34.8 Å². The molecule has 4 aromatic rings. The lowest BCUT2D eigenvalue weighted by atomic mass is 9.85. The standard InChI is InChI=1S/C22H18Cl3N5O/c1-10-7-14(22-29-20(25)18-21(26)27-5-6-30(18)22)13-8-15(23)11(2)17(19(13)31-10)12-3-4-16(24)28-9-12/h3-6,8-10,14H,7H2,1-2H3,(H2,26,27)/t10?,14-/m0/s1. The van der Waals surface area contributed by atoms with Crippen molar-refractivity contribution in [2.75, 3.05) is 5.73 Å². The van der Waals surface area contributed by atoms with Crippen LogP contribution in [-0.4, -0.2) is 25.5 Å². The maximum atomic E-state index is 6.68. The number of hydrogen-bond donors (Lipinski definition) is 1. The third kappa shape index (κ3) is 3.30. The number of benzene rings is 1. The van der Waals surface area contributed by atoms with Crippen molar-refractivity contribution >= 4 is 46.1 Å². The Morgan fingerprint density at radius 1 is 1.19 bits per heavy atom. The van der Waals surface area contributed by atoms with Gasteiger partial charge >= 0.3 is 0 Å². The molecule has 158 valence electrons. The van der Waals surface area contributed by atoms with E-state index in [2.05, 4.69) is 15.0 Å². The van der Waals surface area contributed by atoms with Crippen LogP contribution in [0.4, 0.5) is 5.82 Å².